The number of carbonyl (C=O) groups excluding carboxylic acids is 2. The molecule has 6 nitrogen and oxygen atoms in total. The average Bonchev–Trinajstić information content (AvgIpc) is 2.68. The van der Waals surface area contributed by atoms with Crippen molar-refractivity contribution in [2.24, 2.45) is 5.73 Å². The maximum absolute atomic E-state index is 12.7. The van der Waals surface area contributed by atoms with Crippen LogP contribution >= 0.6 is 11.6 Å². The Bertz CT molecular complexity index is 1110. The molecule has 0 bridgehead atoms. The van der Waals surface area contributed by atoms with Crippen molar-refractivity contribution in [1.29, 1.82) is 0 Å². The van der Waals surface area contributed by atoms with Crippen molar-refractivity contribution >= 4 is 39.9 Å². The van der Waals surface area contributed by atoms with Crippen molar-refractivity contribution in [3.05, 3.63) is 75.7 Å². The number of fused-ring (bicyclic) bond motifs is 1. The highest BCUT2D eigenvalue weighted by Crippen LogP contribution is 2.24. The maximum atomic E-state index is 12.7. The first-order chi connectivity index (χ1) is 13.3. The number of hydrogen-bond donors (Lipinski definition) is 2. The summed E-state index contributed by atoms with van der Waals surface area (Å²) in [5.74, 6) is -1.20. The van der Waals surface area contributed by atoms with Gasteiger partial charge in [0.25, 0.3) is 5.56 Å². The number of nitrogens with zero attached hydrogens (tertiary/aromatic N) is 1. The number of anilines is 1. The fourth-order valence-electron chi connectivity index (χ4n) is 2.99. The van der Waals surface area contributed by atoms with E-state index in [1.54, 1.807) is 62.4 Å². The van der Waals surface area contributed by atoms with Crippen LogP contribution in [0.1, 0.15) is 31.4 Å². The molecule has 1 aromatic heterocycles. The summed E-state index contributed by atoms with van der Waals surface area (Å²) in [6.07, 6.45) is 1.51. The van der Waals surface area contributed by atoms with Crippen molar-refractivity contribution in [3.63, 3.8) is 0 Å². The first kappa shape index (κ1) is 19.6. The monoisotopic (exact) mass is 397 g/mol. The number of amides is 2. The number of primary amides is 1. The summed E-state index contributed by atoms with van der Waals surface area (Å²) in [4.78, 5) is 36.9. The van der Waals surface area contributed by atoms with E-state index in [0.29, 0.717) is 21.5 Å². The summed E-state index contributed by atoms with van der Waals surface area (Å²) in [6.45, 7) is 3.36. The van der Waals surface area contributed by atoms with Gasteiger partial charge in [0, 0.05) is 27.7 Å². The van der Waals surface area contributed by atoms with Crippen LogP contribution in [-0.2, 0) is 9.59 Å². The van der Waals surface area contributed by atoms with E-state index in [4.69, 9.17) is 17.3 Å². The van der Waals surface area contributed by atoms with Crippen LogP contribution in [0.25, 0.3) is 10.8 Å². The second-order valence-electron chi connectivity index (χ2n) is 6.64. The van der Waals surface area contributed by atoms with Crippen LogP contribution in [-0.4, -0.2) is 16.4 Å². The molecule has 3 N–H and O–H groups in total. The molecule has 3 rings (SSSR count). The van der Waals surface area contributed by atoms with E-state index >= 15 is 0 Å². The lowest BCUT2D eigenvalue weighted by molar-refractivity contribution is -0.120. The van der Waals surface area contributed by atoms with Gasteiger partial charge in [-0.1, -0.05) is 29.8 Å². The molecular weight excluding hydrogens is 378 g/mol. The molecule has 0 aliphatic rings. The number of rotatable bonds is 5. The number of pyridine rings is 1. The highest BCUT2D eigenvalue weighted by molar-refractivity contribution is 6.30. The zero-order valence-corrected chi connectivity index (χ0v) is 16.2. The van der Waals surface area contributed by atoms with E-state index < -0.39 is 17.9 Å². The lowest BCUT2D eigenvalue weighted by Gasteiger charge is -2.16. The van der Waals surface area contributed by atoms with Crippen LogP contribution in [0.3, 0.4) is 0 Å². The first-order valence-electron chi connectivity index (χ1n) is 8.79. The van der Waals surface area contributed by atoms with Gasteiger partial charge in [-0.2, -0.15) is 0 Å². The van der Waals surface area contributed by atoms with Crippen LogP contribution in [0.15, 0.2) is 59.5 Å². The van der Waals surface area contributed by atoms with Crippen molar-refractivity contribution in [2.45, 2.75) is 25.8 Å². The van der Waals surface area contributed by atoms with Gasteiger partial charge in [-0.3, -0.25) is 14.4 Å². The zero-order valence-electron chi connectivity index (χ0n) is 15.5. The van der Waals surface area contributed by atoms with Gasteiger partial charge in [0.1, 0.15) is 6.04 Å². The predicted octanol–water partition coefficient (Wildman–Crippen LogP) is 3.44. The van der Waals surface area contributed by atoms with Gasteiger partial charge in [0.15, 0.2) is 0 Å². The molecule has 0 saturated carbocycles. The topological polar surface area (TPSA) is 94.2 Å². The van der Waals surface area contributed by atoms with Gasteiger partial charge in [0.2, 0.25) is 11.8 Å². The molecule has 0 unspecified atom stereocenters. The van der Waals surface area contributed by atoms with E-state index in [1.807, 2.05) is 0 Å². The standard InChI is InChI=1S/C21H20ClN3O3/c1-12(14-6-8-15(22)9-7-14)20(27)24-18-5-3-4-17-16(18)10-11-25(21(17)28)13(2)19(23)26/h3-13H,1-2H3,(H2,23,26)(H,24,27)/t12-,13+/m0/s1. The van der Waals surface area contributed by atoms with Gasteiger partial charge in [0.05, 0.1) is 5.92 Å². The predicted molar refractivity (Wildman–Crippen MR) is 111 cm³/mol. The van der Waals surface area contributed by atoms with Gasteiger partial charge >= 0.3 is 0 Å². The normalized spacial score (nSPS) is 13.1. The van der Waals surface area contributed by atoms with Gasteiger partial charge in [-0.25, -0.2) is 0 Å². The van der Waals surface area contributed by atoms with E-state index in [0.717, 1.165) is 5.56 Å². The Morgan fingerprint density at radius 1 is 1.04 bits per heavy atom. The van der Waals surface area contributed by atoms with Gasteiger partial charge in [-0.05, 0) is 49.7 Å². The summed E-state index contributed by atoms with van der Waals surface area (Å²) >= 11 is 5.90. The van der Waals surface area contributed by atoms with Crippen LogP contribution in [0.2, 0.25) is 5.02 Å². The van der Waals surface area contributed by atoms with Crippen LogP contribution < -0.4 is 16.6 Å². The van der Waals surface area contributed by atoms with Crippen LogP contribution in [0.5, 0.6) is 0 Å². The fraction of sp³-hybridized carbons (Fsp3) is 0.190. The molecule has 0 aliphatic carbocycles. The summed E-state index contributed by atoms with van der Waals surface area (Å²) in [7, 11) is 0. The molecule has 1 heterocycles. The molecule has 2 aromatic carbocycles. The van der Waals surface area contributed by atoms with Crippen LogP contribution in [0.4, 0.5) is 5.69 Å². The molecule has 0 spiro atoms. The first-order valence-corrected chi connectivity index (χ1v) is 9.17. The van der Waals surface area contributed by atoms with E-state index in [1.165, 1.54) is 10.8 Å². The SMILES string of the molecule is C[C@H](C(=O)Nc1cccc2c(=O)n([C@H](C)C(N)=O)ccc12)c1ccc(Cl)cc1. The molecule has 3 aromatic rings. The quantitative estimate of drug-likeness (QED) is 0.690. The minimum absolute atomic E-state index is 0.204. The molecule has 2 amide bonds. The molecule has 28 heavy (non-hydrogen) atoms. The van der Waals surface area contributed by atoms with Crippen molar-refractivity contribution in [2.75, 3.05) is 5.32 Å². The largest absolute Gasteiger partial charge is 0.368 e. The van der Waals surface area contributed by atoms with E-state index in [2.05, 4.69) is 5.32 Å². The number of hydrogen-bond acceptors (Lipinski definition) is 3. The number of nitrogens with two attached hydrogens (primary N) is 1. The number of halogens is 1. The second kappa shape index (κ2) is 7.86. The van der Waals surface area contributed by atoms with Gasteiger partial charge < -0.3 is 15.6 Å². The molecule has 0 aliphatic heterocycles. The average molecular weight is 398 g/mol. The minimum Gasteiger partial charge on any atom is -0.368 e. The molecule has 144 valence electrons. The van der Waals surface area contributed by atoms with E-state index in [9.17, 15) is 14.4 Å². The molecular formula is C21H20ClN3O3. The summed E-state index contributed by atoms with van der Waals surface area (Å²) in [5, 5.41) is 4.48. The summed E-state index contributed by atoms with van der Waals surface area (Å²) < 4.78 is 1.28. The highest BCUT2D eigenvalue weighted by atomic mass is 35.5. The highest BCUT2D eigenvalue weighted by Gasteiger charge is 2.18. The Morgan fingerprint density at radius 2 is 1.71 bits per heavy atom. The Morgan fingerprint density at radius 3 is 2.36 bits per heavy atom. The van der Waals surface area contributed by atoms with Crippen molar-refractivity contribution in [3.8, 4) is 0 Å². The molecule has 0 radical (unpaired) electrons. The summed E-state index contributed by atoms with van der Waals surface area (Å²) in [6, 6.07) is 13.1. The maximum Gasteiger partial charge on any atom is 0.259 e. The van der Waals surface area contributed by atoms with Gasteiger partial charge in [-0.15, -0.1) is 0 Å². The molecule has 2 atom stereocenters. The van der Waals surface area contributed by atoms with E-state index in [-0.39, 0.29) is 11.5 Å². The third-order valence-electron chi connectivity index (χ3n) is 4.82. The number of benzene rings is 2. The zero-order chi connectivity index (χ0) is 20.4. The second-order valence-corrected chi connectivity index (χ2v) is 7.07. The number of nitrogens with one attached hydrogen (secondary N) is 1. The Labute approximate surface area is 166 Å². The summed E-state index contributed by atoms with van der Waals surface area (Å²) in [5.41, 5.74) is 6.33. The van der Waals surface area contributed by atoms with Crippen molar-refractivity contribution in [1.82, 2.24) is 4.57 Å². The lowest BCUT2D eigenvalue weighted by Crippen LogP contribution is -2.31. The van der Waals surface area contributed by atoms with Crippen LogP contribution in [0, 0.1) is 0 Å². The molecule has 0 fully saturated rings. The lowest BCUT2D eigenvalue weighted by atomic mass is 10.00. The Kier molecular flexibility index (Phi) is 5.51. The van der Waals surface area contributed by atoms with Crippen molar-refractivity contribution < 1.29 is 9.59 Å². The Balaban J connectivity index is 1.94. The molecule has 0 saturated heterocycles. The molecule has 7 heteroatoms. The number of carbonyl (C=O) groups is 2. The number of aromatic nitrogens is 1. The smallest absolute Gasteiger partial charge is 0.259 e. The third-order valence-corrected chi connectivity index (χ3v) is 5.07. The third kappa shape index (κ3) is 3.77. The fourth-order valence-corrected chi connectivity index (χ4v) is 3.11. The Hall–Kier alpha value is -3.12. The minimum atomic E-state index is -0.764.